The van der Waals surface area contributed by atoms with Crippen LogP contribution in [-0.2, 0) is 5.41 Å². The summed E-state index contributed by atoms with van der Waals surface area (Å²) in [7, 11) is 2.08. The Balaban J connectivity index is 2.28. The van der Waals surface area contributed by atoms with Gasteiger partial charge in [-0.05, 0) is 51.1 Å². The van der Waals surface area contributed by atoms with Crippen molar-refractivity contribution in [2.24, 2.45) is 0 Å². The summed E-state index contributed by atoms with van der Waals surface area (Å²) in [6, 6.07) is 11.1. The van der Waals surface area contributed by atoms with Crippen molar-refractivity contribution >= 4 is 0 Å². The Morgan fingerprint density at radius 2 is 1.71 bits per heavy atom. The fourth-order valence-electron chi connectivity index (χ4n) is 3.35. The Kier molecular flexibility index (Phi) is 3.58. The number of hydrogen-bond acceptors (Lipinski definition) is 1. The highest BCUT2D eigenvalue weighted by atomic mass is 14.9. The summed E-state index contributed by atoms with van der Waals surface area (Å²) < 4.78 is 0. The van der Waals surface area contributed by atoms with Gasteiger partial charge in [-0.1, -0.05) is 43.2 Å². The Labute approximate surface area is 106 Å². The van der Waals surface area contributed by atoms with Crippen LogP contribution in [0.3, 0.4) is 0 Å². The number of nitrogens with one attached hydrogen (secondary N) is 1. The van der Waals surface area contributed by atoms with Gasteiger partial charge in [0.1, 0.15) is 0 Å². The van der Waals surface area contributed by atoms with Gasteiger partial charge in [0.05, 0.1) is 0 Å². The molecule has 1 aromatic rings. The molecule has 1 fully saturated rings. The standard InChI is InChI=1S/C16H25N/c1-15(2,17-3)13-16(11-7-8-12-16)14-9-5-4-6-10-14/h4-6,9-10,17H,7-8,11-13H2,1-3H3. The highest BCUT2D eigenvalue weighted by Crippen LogP contribution is 2.46. The Morgan fingerprint density at radius 3 is 2.24 bits per heavy atom. The van der Waals surface area contributed by atoms with Gasteiger partial charge < -0.3 is 5.32 Å². The maximum atomic E-state index is 3.46. The van der Waals surface area contributed by atoms with Crippen LogP contribution in [0.2, 0.25) is 0 Å². The van der Waals surface area contributed by atoms with Crippen molar-refractivity contribution < 1.29 is 0 Å². The number of benzene rings is 1. The third-order valence-corrected chi connectivity index (χ3v) is 4.40. The molecule has 1 saturated carbocycles. The van der Waals surface area contributed by atoms with Gasteiger partial charge in [-0.15, -0.1) is 0 Å². The molecule has 0 unspecified atom stereocenters. The van der Waals surface area contributed by atoms with Crippen LogP contribution in [-0.4, -0.2) is 12.6 Å². The third kappa shape index (κ3) is 2.71. The molecule has 0 aliphatic heterocycles. The summed E-state index contributed by atoms with van der Waals surface area (Å²) in [6.07, 6.45) is 6.70. The molecular formula is C16H25N. The normalized spacial score (nSPS) is 19.5. The summed E-state index contributed by atoms with van der Waals surface area (Å²) in [6.45, 7) is 4.63. The lowest BCUT2D eigenvalue weighted by molar-refractivity contribution is 0.274. The highest BCUT2D eigenvalue weighted by molar-refractivity contribution is 5.27. The van der Waals surface area contributed by atoms with Crippen molar-refractivity contribution in [3.05, 3.63) is 35.9 Å². The first kappa shape index (κ1) is 12.6. The fraction of sp³-hybridized carbons (Fsp3) is 0.625. The molecule has 1 heteroatoms. The lowest BCUT2D eigenvalue weighted by Crippen LogP contribution is -2.43. The zero-order valence-corrected chi connectivity index (χ0v) is 11.4. The molecule has 1 N–H and O–H groups in total. The van der Waals surface area contributed by atoms with Gasteiger partial charge in [-0.3, -0.25) is 0 Å². The van der Waals surface area contributed by atoms with Crippen molar-refractivity contribution in [3.63, 3.8) is 0 Å². The minimum absolute atomic E-state index is 0.222. The van der Waals surface area contributed by atoms with E-state index in [4.69, 9.17) is 0 Å². The number of rotatable bonds is 4. The third-order valence-electron chi connectivity index (χ3n) is 4.40. The molecule has 1 nitrogen and oxygen atoms in total. The molecule has 1 aliphatic rings. The van der Waals surface area contributed by atoms with Crippen LogP contribution >= 0.6 is 0 Å². The molecule has 94 valence electrons. The second-order valence-electron chi connectivity index (χ2n) is 6.16. The van der Waals surface area contributed by atoms with Crippen molar-refractivity contribution in [1.29, 1.82) is 0 Å². The zero-order valence-electron chi connectivity index (χ0n) is 11.4. The monoisotopic (exact) mass is 231 g/mol. The smallest absolute Gasteiger partial charge is 0.0130 e. The molecule has 0 spiro atoms. The van der Waals surface area contributed by atoms with E-state index >= 15 is 0 Å². The van der Waals surface area contributed by atoms with Crippen LogP contribution in [0.25, 0.3) is 0 Å². The van der Waals surface area contributed by atoms with Gasteiger partial charge in [0.2, 0.25) is 0 Å². The average molecular weight is 231 g/mol. The predicted octanol–water partition coefficient (Wildman–Crippen LogP) is 3.89. The Morgan fingerprint density at radius 1 is 1.12 bits per heavy atom. The van der Waals surface area contributed by atoms with E-state index in [0.29, 0.717) is 5.41 Å². The molecule has 0 radical (unpaired) electrons. The van der Waals surface area contributed by atoms with Gasteiger partial charge in [-0.2, -0.15) is 0 Å². The lowest BCUT2D eigenvalue weighted by atomic mass is 9.71. The first-order chi connectivity index (χ1) is 8.08. The van der Waals surface area contributed by atoms with Gasteiger partial charge in [0.25, 0.3) is 0 Å². The molecule has 0 saturated heterocycles. The first-order valence-electron chi connectivity index (χ1n) is 6.82. The topological polar surface area (TPSA) is 12.0 Å². The van der Waals surface area contributed by atoms with E-state index in [2.05, 4.69) is 56.5 Å². The van der Waals surface area contributed by atoms with E-state index in [9.17, 15) is 0 Å². The largest absolute Gasteiger partial charge is 0.315 e. The quantitative estimate of drug-likeness (QED) is 0.829. The summed E-state index contributed by atoms with van der Waals surface area (Å²) >= 11 is 0. The van der Waals surface area contributed by atoms with Gasteiger partial charge in [0.15, 0.2) is 0 Å². The molecule has 0 amide bonds. The maximum absolute atomic E-state index is 3.46. The molecule has 0 bridgehead atoms. The summed E-state index contributed by atoms with van der Waals surface area (Å²) in [4.78, 5) is 0. The minimum atomic E-state index is 0.222. The number of hydrogen-bond donors (Lipinski definition) is 1. The predicted molar refractivity (Wildman–Crippen MR) is 74.3 cm³/mol. The van der Waals surface area contributed by atoms with Crippen LogP contribution < -0.4 is 5.32 Å². The van der Waals surface area contributed by atoms with Crippen molar-refractivity contribution in [2.45, 2.75) is 56.9 Å². The Bertz CT molecular complexity index is 347. The van der Waals surface area contributed by atoms with Gasteiger partial charge >= 0.3 is 0 Å². The lowest BCUT2D eigenvalue weighted by Gasteiger charge is -2.38. The molecule has 2 rings (SSSR count). The van der Waals surface area contributed by atoms with Gasteiger partial charge in [-0.25, -0.2) is 0 Å². The molecule has 0 aromatic heterocycles. The second-order valence-corrected chi connectivity index (χ2v) is 6.16. The van der Waals surface area contributed by atoms with Crippen LogP contribution in [0.1, 0.15) is 51.5 Å². The van der Waals surface area contributed by atoms with Crippen molar-refractivity contribution in [3.8, 4) is 0 Å². The van der Waals surface area contributed by atoms with Crippen LogP contribution in [0.15, 0.2) is 30.3 Å². The van der Waals surface area contributed by atoms with E-state index in [0.717, 1.165) is 0 Å². The summed E-state index contributed by atoms with van der Waals surface area (Å²) in [5, 5.41) is 3.46. The minimum Gasteiger partial charge on any atom is -0.315 e. The van der Waals surface area contributed by atoms with E-state index in [1.165, 1.54) is 32.1 Å². The van der Waals surface area contributed by atoms with E-state index in [-0.39, 0.29) is 5.54 Å². The molecule has 17 heavy (non-hydrogen) atoms. The second kappa shape index (κ2) is 4.81. The maximum Gasteiger partial charge on any atom is 0.0130 e. The van der Waals surface area contributed by atoms with Crippen molar-refractivity contribution in [1.82, 2.24) is 5.32 Å². The van der Waals surface area contributed by atoms with Crippen LogP contribution in [0.5, 0.6) is 0 Å². The molecule has 0 heterocycles. The fourth-order valence-corrected chi connectivity index (χ4v) is 3.35. The van der Waals surface area contributed by atoms with Crippen LogP contribution in [0.4, 0.5) is 0 Å². The molecule has 1 aliphatic carbocycles. The summed E-state index contributed by atoms with van der Waals surface area (Å²) in [5.74, 6) is 0. The van der Waals surface area contributed by atoms with E-state index in [1.807, 2.05) is 0 Å². The Hall–Kier alpha value is -0.820. The van der Waals surface area contributed by atoms with Crippen molar-refractivity contribution in [2.75, 3.05) is 7.05 Å². The molecule has 1 aromatic carbocycles. The van der Waals surface area contributed by atoms with E-state index in [1.54, 1.807) is 5.56 Å². The van der Waals surface area contributed by atoms with E-state index < -0.39 is 0 Å². The molecule has 0 atom stereocenters. The average Bonchev–Trinajstić information content (AvgIpc) is 2.79. The summed E-state index contributed by atoms with van der Waals surface area (Å²) in [5.41, 5.74) is 2.18. The molecular weight excluding hydrogens is 206 g/mol. The first-order valence-corrected chi connectivity index (χ1v) is 6.82. The zero-order chi connectivity index (χ0) is 12.4. The highest BCUT2D eigenvalue weighted by Gasteiger charge is 2.39. The van der Waals surface area contributed by atoms with Crippen LogP contribution in [0, 0.1) is 0 Å². The SMILES string of the molecule is CNC(C)(C)CC1(c2ccccc2)CCCC1. The van der Waals surface area contributed by atoms with Gasteiger partial charge in [0, 0.05) is 5.54 Å².